The predicted octanol–water partition coefficient (Wildman–Crippen LogP) is 2.91. The first-order valence-electron chi connectivity index (χ1n) is 7.40. The van der Waals surface area contributed by atoms with Crippen LogP contribution >= 0.6 is 0 Å². The molecule has 0 saturated heterocycles. The molecule has 2 aromatic rings. The molecule has 112 valence electrons. The van der Waals surface area contributed by atoms with Crippen molar-refractivity contribution >= 4 is 17.3 Å². The van der Waals surface area contributed by atoms with E-state index in [4.69, 9.17) is 5.73 Å². The molecule has 1 amide bonds. The normalized spacial score (nSPS) is 20.5. The fourth-order valence-electron chi connectivity index (χ4n) is 2.60. The number of nitrogens with one attached hydrogen (secondary N) is 1. The van der Waals surface area contributed by atoms with E-state index in [9.17, 15) is 4.79 Å². The maximum Gasteiger partial charge on any atom is 0.243 e. The van der Waals surface area contributed by atoms with Crippen molar-refractivity contribution in [1.29, 1.82) is 0 Å². The molecule has 0 bridgehead atoms. The number of hydrogen-bond donors (Lipinski definition) is 2. The minimum Gasteiger partial charge on any atom is -0.399 e. The second-order valence-electron chi connectivity index (χ2n) is 5.66. The van der Waals surface area contributed by atoms with Crippen molar-refractivity contribution in [2.24, 2.45) is 11.0 Å². The van der Waals surface area contributed by atoms with Gasteiger partial charge in [0.15, 0.2) is 0 Å². The molecule has 0 aromatic heterocycles. The van der Waals surface area contributed by atoms with Gasteiger partial charge in [-0.2, -0.15) is 5.10 Å². The van der Waals surface area contributed by atoms with E-state index in [0.29, 0.717) is 11.6 Å². The molecule has 0 aliphatic heterocycles. The van der Waals surface area contributed by atoms with Gasteiger partial charge >= 0.3 is 0 Å². The minimum atomic E-state index is -0.0166. The summed E-state index contributed by atoms with van der Waals surface area (Å²) in [6.07, 6.45) is 0.892. The van der Waals surface area contributed by atoms with Gasteiger partial charge in [0.2, 0.25) is 5.91 Å². The van der Waals surface area contributed by atoms with E-state index in [2.05, 4.69) is 22.7 Å². The lowest BCUT2D eigenvalue weighted by Gasteiger charge is -2.04. The molecule has 4 heteroatoms. The highest BCUT2D eigenvalue weighted by Crippen LogP contribution is 2.47. The van der Waals surface area contributed by atoms with Gasteiger partial charge in [-0.25, -0.2) is 5.43 Å². The zero-order valence-electron chi connectivity index (χ0n) is 12.5. The highest BCUT2D eigenvalue weighted by atomic mass is 16.2. The molecule has 0 radical (unpaired) electrons. The van der Waals surface area contributed by atoms with Gasteiger partial charge in [-0.15, -0.1) is 0 Å². The quantitative estimate of drug-likeness (QED) is 0.517. The number of amides is 1. The van der Waals surface area contributed by atoms with E-state index < -0.39 is 0 Å². The molecule has 0 heterocycles. The average molecular weight is 293 g/mol. The van der Waals surface area contributed by atoms with Crippen molar-refractivity contribution in [3.63, 3.8) is 0 Å². The Kier molecular flexibility index (Phi) is 3.92. The van der Waals surface area contributed by atoms with Crippen LogP contribution in [-0.2, 0) is 4.79 Å². The van der Waals surface area contributed by atoms with Crippen LogP contribution in [0.4, 0.5) is 5.69 Å². The molecule has 1 aliphatic rings. The number of rotatable bonds is 4. The van der Waals surface area contributed by atoms with Gasteiger partial charge < -0.3 is 5.73 Å². The molecule has 22 heavy (non-hydrogen) atoms. The summed E-state index contributed by atoms with van der Waals surface area (Å²) in [7, 11) is 0. The molecular formula is C18H19N3O. The van der Waals surface area contributed by atoms with E-state index >= 15 is 0 Å². The zero-order valence-corrected chi connectivity index (χ0v) is 12.5. The highest BCUT2D eigenvalue weighted by Gasteiger charge is 2.43. The Morgan fingerprint density at radius 3 is 2.68 bits per heavy atom. The number of carbonyl (C=O) groups is 1. The number of anilines is 1. The number of hydrazone groups is 1. The van der Waals surface area contributed by atoms with Gasteiger partial charge in [-0.3, -0.25) is 4.79 Å². The Bertz CT molecular complexity index is 709. The average Bonchev–Trinajstić information content (AvgIpc) is 3.34. The fourth-order valence-corrected chi connectivity index (χ4v) is 2.60. The molecule has 2 atom stereocenters. The second kappa shape index (κ2) is 6.02. The summed E-state index contributed by atoms with van der Waals surface area (Å²) in [5.74, 6) is 0.334. The third kappa shape index (κ3) is 3.17. The van der Waals surface area contributed by atoms with E-state index in [-0.39, 0.29) is 11.8 Å². The van der Waals surface area contributed by atoms with Gasteiger partial charge in [0.25, 0.3) is 0 Å². The van der Waals surface area contributed by atoms with Crippen molar-refractivity contribution in [2.45, 2.75) is 19.3 Å². The summed E-state index contributed by atoms with van der Waals surface area (Å²) >= 11 is 0. The number of benzene rings is 2. The summed E-state index contributed by atoms with van der Waals surface area (Å²) in [5.41, 5.74) is 12.0. The Labute approximate surface area is 130 Å². The van der Waals surface area contributed by atoms with Crippen LogP contribution in [0.1, 0.15) is 30.4 Å². The van der Waals surface area contributed by atoms with Gasteiger partial charge in [0.1, 0.15) is 0 Å². The SMILES string of the molecule is C/C(=N/NC(=O)[C@@H]1C[C@H]1c1ccccc1)c1cccc(N)c1. The fraction of sp³-hybridized carbons (Fsp3) is 0.222. The second-order valence-corrected chi connectivity index (χ2v) is 5.66. The monoisotopic (exact) mass is 293 g/mol. The van der Waals surface area contributed by atoms with Crippen LogP contribution < -0.4 is 11.2 Å². The molecule has 1 aliphatic carbocycles. The number of nitrogens with two attached hydrogens (primary N) is 1. The lowest BCUT2D eigenvalue weighted by atomic mass is 10.1. The Morgan fingerprint density at radius 1 is 1.18 bits per heavy atom. The summed E-state index contributed by atoms with van der Waals surface area (Å²) in [5, 5.41) is 4.19. The lowest BCUT2D eigenvalue weighted by Crippen LogP contribution is -2.21. The first-order chi connectivity index (χ1) is 10.6. The number of hydrogen-bond acceptors (Lipinski definition) is 3. The molecule has 3 N–H and O–H groups in total. The van der Waals surface area contributed by atoms with Crippen LogP contribution in [-0.4, -0.2) is 11.6 Å². The third-order valence-corrected chi connectivity index (χ3v) is 3.99. The summed E-state index contributed by atoms with van der Waals surface area (Å²) < 4.78 is 0. The Morgan fingerprint density at radius 2 is 1.95 bits per heavy atom. The first-order valence-corrected chi connectivity index (χ1v) is 7.40. The minimum absolute atomic E-state index is 0.0166. The summed E-state index contributed by atoms with van der Waals surface area (Å²) in [6, 6.07) is 17.6. The molecular weight excluding hydrogens is 274 g/mol. The molecule has 4 nitrogen and oxygen atoms in total. The van der Waals surface area contributed by atoms with E-state index in [1.54, 1.807) is 0 Å². The number of nitrogen functional groups attached to an aromatic ring is 1. The molecule has 3 rings (SSSR count). The van der Waals surface area contributed by atoms with Gasteiger partial charge in [0.05, 0.1) is 5.71 Å². The van der Waals surface area contributed by atoms with Crippen molar-refractivity contribution in [3.8, 4) is 0 Å². The standard InChI is InChI=1S/C18H19N3O/c1-12(14-8-5-9-15(19)10-14)20-21-18(22)17-11-16(17)13-6-3-2-4-7-13/h2-10,16-17H,11,19H2,1H3,(H,21,22)/b20-12-/t16-,17+/m0/s1. The van der Waals surface area contributed by atoms with Crippen molar-refractivity contribution in [1.82, 2.24) is 5.43 Å². The number of carbonyl (C=O) groups excluding carboxylic acids is 1. The smallest absolute Gasteiger partial charge is 0.243 e. The van der Waals surface area contributed by atoms with Gasteiger partial charge in [-0.1, -0.05) is 42.5 Å². The van der Waals surface area contributed by atoms with Crippen LogP contribution in [0.15, 0.2) is 59.7 Å². The van der Waals surface area contributed by atoms with Crippen LogP contribution in [0.2, 0.25) is 0 Å². The van der Waals surface area contributed by atoms with Gasteiger partial charge in [0, 0.05) is 11.6 Å². The maximum atomic E-state index is 12.1. The lowest BCUT2D eigenvalue weighted by molar-refractivity contribution is -0.122. The Hall–Kier alpha value is -2.62. The topological polar surface area (TPSA) is 67.5 Å². The molecule has 0 spiro atoms. The summed E-state index contributed by atoms with van der Waals surface area (Å²) in [4.78, 5) is 12.1. The van der Waals surface area contributed by atoms with Gasteiger partial charge in [-0.05, 0) is 42.5 Å². The number of nitrogens with zero attached hydrogens (tertiary/aromatic N) is 1. The van der Waals surface area contributed by atoms with E-state index in [1.165, 1.54) is 5.56 Å². The van der Waals surface area contributed by atoms with Crippen LogP contribution in [0.3, 0.4) is 0 Å². The van der Waals surface area contributed by atoms with E-state index in [1.807, 2.05) is 49.4 Å². The van der Waals surface area contributed by atoms with Crippen molar-refractivity contribution in [3.05, 3.63) is 65.7 Å². The molecule has 1 saturated carbocycles. The van der Waals surface area contributed by atoms with Crippen LogP contribution in [0, 0.1) is 5.92 Å². The first kappa shape index (κ1) is 14.3. The van der Waals surface area contributed by atoms with Crippen LogP contribution in [0.25, 0.3) is 0 Å². The highest BCUT2D eigenvalue weighted by molar-refractivity contribution is 6.00. The maximum absolute atomic E-state index is 12.1. The molecule has 2 aromatic carbocycles. The van der Waals surface area contributed by atoms with Crippen molar-refractivity contribution < 1.29 is 4.79 Å². The van der Waals surface area contributed by atoms with Crippen LogP contribution in [0.5, 0.6) is 0 Å². The third-order valence-electron chi connectivity index (χ3n) is 3.99. The summed E-state index contributed by atoms with van der Waals surface area (Å²) in [6.45, 7) is 1.86. The zero-order chi connectivity index (χ0) is 15.5. The van der Waals surface area contributed by atoms with E-state index in [0.717, 1.165) is 17.7 Å². The largest absolute Gasteiger partial charge is 0.399 e. The van der Waals surface area contributed by atoms with Crippen molar-refractivity contribution in [2.75, 3.05) is 5.73 Å². The predicted molar refractivity (Wildman–Crippen MR) is 88.5 cm³/mol. The Balaban J connectivity index is 1.60. The molecule has 0 unspecified atom stereocenters. The molecule has 1 fully saturated rings.